The average Bonchev–Trinajstić information content (AvgIpc) is 3.38. The van der Waals surface area contributed by atoms with E-state index in [4.69, 9.17) is 4.98 Å². The molecule has 0 spiro atoms. The second-order valence-electron chi connectivity index (χ2n) is 8.46. The van der Waals surface area contributed by atoms with Gasteiger partial charge in [-0.1, -0.05) is 13.8 Å². The molecule has 0 atom stereocenters. The van der Waals surface area contributed by atoms with E-state index in [1.165, 1.54) is 17.1 Å². The van der Waals surface area contributed by atoms with Crippen LogP contribution >= 0.6 is 0 Å². The lowest BCUT2D eigenvalue weighted by Crippen LogP contribution is -2.49. The van der Waals surface area contributed by atoms with Gasteiger partial charge in [0.1, 0.15) is 11.6 Å². The number of aromatic nitrogens is 4. The fourth-order valence-electron chi connectivity index (χ4n) is 4.16. The topological polar surface area (TPSA) is 87.5 Å². The van der Waals surface area contributed by atoms with Crippen molar-refractivity contribution in [3.05, 3.63) is 23.8 Å². The van der Waals surface area contributed by atoms with Crippen molar-refractivity contribution in [2.75, 3.05) is 49.1 Å². The third-order valence-electron chi connectivity index (χ3n) is 5.79. The van der Waals surface area contributed by atoms with Crippen molar-refractivity contribution in [2.45, 2.75) is 44.6 Å². The molecule has 4 heterocycles. The van der Waals surface area contributed by atoms with Crippen molar-refractivity contribution in [1.82, 2.24) is 23.8 Å². The van der Waals surface area contributed by atoms with Gasteiger partial charge in [-0.05, 0) is 19.8 Å². The number of aryl methyl sites for hydroxylation is 2. The van der Waals surface area contributed by atoms with E-state index in [2.05, 4.69) is 19.8 Å². The third kappa shape index (κ3) is 4.02. The number of imidazole rings is 1. The quantitative estimate of drug-likeness (QED) is 0.710. The van der Waals surface area contributed by atoms with E-state index >= 15 is 0 Å². The van der Waals surface area contributed by atoms with Crippen LogP contribution in [0.2, 0.25) is 0 Å². The molecule has 2 fully saturated rings. The maximum absolute atomic E-state index is 13.1. The van der Waals surface area contributed by atoms with Gasteiger partial charge in [0.2, 0.25) is 5.95 Å². The Morgan fingerprint density at radius 1 is 0.933 bits per heavy atom. The first-order chi connectivity index (χ1) is 14.3. The van der Waals surface area contributed by atoms with Gasteiger partial charge in [-0.15, -0.1) is 0 Å². The fraction of sp³-hybridized carbons (Fsp3) is 0.650. The minimum Gasteiger partial charge on any atom is -0.356 e. The van der Waals surface area contributed by atoms with Crippen molar-refractivity contribution in [3.63, 3.8) is 0 Å². The predicted octanol–water partition coefficient (Wildman–Crippen LogP) is 1.75. The number of anilines is 2. The highest BCUT2D eigenvalue weighted by atomic mass is 32.2. The lowest BCUT2D eigenvalue weighted by Gasteiger charge is -2.34. The summed E-state index contributed by atoms with van der Waals surface area (Å²) >= 11 is 0. The normalized spacial score (nSPS) is 18.6. The summed E-state index contributed by atoms with van der Waals surface area (Å²) in [5, 5.41) is 0.130. The van der Waals surface area contributed by atoms with Crippen LogP contribution in [0.15, 0.2) is 17.3 Å². The van der Waals surface area contributed by atoms with Gasteiger partial charge in [0, 0.05) is 70.2 Å². The molecule has 0 amide bonds. The minimum absolute atomic E-state index is 0.130. The molecule has 0 N–H and O–H groups in total. The minimum atomic E-state index is -3.61. The van der Waals surface area contributed by atoms with Crippen LogP contribution in [0.25, 0.3) is 0 Å². The largest absolute Gasteiger partial charge is 0.356 e. The summed E-state index contributed by atoms with van der Waals surface area (Å²) < 4.78 is 29.5. The molecule has 164 valence electrons. The molecule has 0 bridgehead atoms. The molecule has 2 saturated heterocycles. The Kier molecular flexibility index (Phi) is 5.71. The monoisotopic (exact) mass is 433 g/mol. The molecule has 30 heavy (non-hydrogen) atoms. The Balaban J connectivity index is 1.48. The molecule has 0 aliphatic carbocycles. The molecule has 0 radical (unpaired) electrons. The molecule has 4 rings (SSSR count). The van der Waals surface area contributed by atoms with Crippen LogP contribution < -0.4 is 9.80 Å². The first kappa shape index (κ1) is 21.0. The Bertz CT molecular complexity index is 1000. The Morgan fingerprint density at radius 3 is 2.20 bits per heavy atom. The van der Waals surface area contributed by atoms with Crippen molar-refractivity contribution >= 4 is 21.8 Å². The van der Waals surface area contributed by atoms with Crippen LogP contribution in [0, 0.1) is 6.92 Å². The summed E-state index contributed by atoms with van der Waals surface area (Å²) in [5.74, 6) is 2.60. The van der Waals surface area contributed by atoms with Crippen molar-refractivity contribution in [2.24, 2.45) is 7.05 Å². The summed E-state index contributed by atoms with van der Waals surface area (Å²) in [6, 6.07) is 2.03. The highest BCUT2D eigenvalue weighted by Crippen LogP contribution is 2.24. The smallest absolute Gasteiger partial charge is 0.262 e. The summed E-state index contributed by atoms with van der Waals surface area (Å²) in [5.41, 5.74) is 0.937. The summed E-state index contributed by atoms with van der Waals surface area (Å²) in [6.07, 6.45) is 4.00. The lowest BCUT2D eigenvalue weighted by atomic mass is 10.2. The number of sulfonamides is 1. The molecule has 2 aromatic rings. The second kappa shape index (κ2) is 8.14. The van der Waals surface area contributed by atoms with E-state index in [1.54, 1.807) is 10.8 Å². The number of piperazine rings is 1. The van der Waals surface area contributed by atoms with Gasteiger partial charge in [0.25, 0.3) is 10.0 Å². The van der Waals surface area contributed by atoms with Crippen molar-refractivity contribution in [3.8, 4) is 0 Å². The van der Waals surface area contributed by atoms with Gasteiger partial charge in [-0.3, -0.25) is 0 Å². The van der Waals surface area contributed by atoms with Gasteiger partial charge in [0.15, 0.2) is 5.03 Å². The SMILES string of the molecule is Cc1cc(N2CCCC2)nc(N2CCN(S(=O)(=O)c3cn(C)c(C(C)C)n3)CC2)n1. The van der Waals surface area contributed by atoms with Crippen LogP contribution in [0.3, 0.4) is 0 Å². The van der Waals surface area contributed by atoms with Gasteiger partial charge >= 0.3 is 0 Å². The van der Waals surface area contributed by atoms with Crippen molar-refractivity contribution in [1.29, 1.82) is 0 Å². The van der Waals surface area contributed by atoms with E-state index in [0.717, 1.165) is 30.4 Å². The maximum atomic E-state index is 13.1. The van der Waals surface area contributed by atoms with Gasteiger partial charge < -0.3 is 14.4 Å². The zero-order valence-corrected chi connectivity index (χ0v) is 19.1. The summed E-state index contributed by atoms with van der Waals surface area (Å²) in [4.78, 5) is 18.2. The van der Waals surface area contributed by atoms with E-state index in [-0.39, 0.29) is 10.9 Å². The Hall–Kier alpha value is -2.20. The highest BCUT2D eigenvalue weighted by molar-refractivity contribution is 7.89. The third-order valence-corrected chi connectivity index (χ3v) is 7.56. The van der Waals surface area contributed by atoms with Gasteiger partial charge in [-0.2, -0.15) is 9.29 Å². The first-order valence-electron chi connectivity index (χ1n) is 10.6. The zero-order valence-electron chi connectivity index (χ0n) is 18.2. The fourth-order valence-corrected chi connectivity index (χ4v) is 5.57. The van der Waals surface area contributed by atoms with Crippen LogP contribution in [0.1, 0.15) is 44.1 Å². The molecule has 0 aromatic carbocycles. The molecule has 0 saturated carbocycles. The van der Waals surface area contributed by atoms with Crippen LogP contribution in [0.4, 0.5) is 11.8 Å². The van der Waals surface area contributed by atoms with Crippen LogP contribution in [0.5, 0.6) is 0 Å². The molecule has 2 aliphatic rings. The number of hydrogen-bond acceptors (Lipinski definition) is 7. The van der Waals surface area contributed by atoms with E-state index in [9.17, 15) is 8.42 Å². The first-order valence-corrected chi connectivity index (χ1v) is 12.1. The summed E-state index contributed by atoms with van der Waals surface area (Å²) in [6.45, 7) is 9.98. The standard InChI is InChI=1S/C20H31N7O2S/c1-15(2)19-23-18(14-24(19)4)30(28,29)27-11-9-26(10-12-27)20-21-16(3)13-17(22-20)25-7-5-6-8-25/h13-15H,5-12H2,1-4H3. The zero-order chi connectivity index (χ0) is 21.5. The van der Waals surface area contributed by atoms with E-state index in [0.29, 0.717) is 32.1 Å². The second-order valence-corrected chi connectivity index (χ2v) is 10.3. The van der Waals surface area contributed by atoms with Gasteiger partial charge in [0.05, 0.1) is 0 Å². The highest BCUT2D eigenvalue weighted by Gasteiger charge is 2.32. The lowest BCUT2D eigenvalue weighted by molar-refractivity contribution is 0.381. The molecule has 10 heteroatoms. The maximum Gasteiger partial charge on any atom is 0.262 e. The Labute approximate surface area is 178 Å². The number of rotatable bonds is 5. The average molecular weight is 434 g/mol. The van der Waals surface area contributed by atoms with E-state index in [1.807, 2.05) is 33.9 Å². The Morgan fingerprint density at radius 2 is 1.60 bits per heavy atom. The van der Waals surface area contributed by atoms with Crippen LogP contribution in [-0.4, -0.2) is 71.5 Å². The number of nitrogens with zero attached hydrogens (tertiary/aromatic N) is 7. The molecule has 2 aliphatic heterocycles. The number of hydrogen-bond donors (Lipinski definition) is 0. The molecular weight excluding hydrogens is 402 g/mol. The van der Waals surface area contributed by atoms with E-state index < -0.39 is 10.0 Å². The van der Waals surface area contributed by atoms with Crippen LogP contribution in [-0.2, 0) is 17.1 Å². The molecule has 9 nitrogen and oxygen atoms in total. The molecule has 2 aromatic heterocycles. The predicted molar refractivity (Wildman–Crippen MR) is 116 cm³/mol. The summed E-state index contributed by atoms with van der Waals surface area (Å²) in [7, 11) is -1.77. The van der Waals surface area contributed by atoms with Crippen molar-refractivity contribution < 1.29 is 8.42 Å². The molecular formula is C20H31N7O2S. The van der Waals surface area contributed by atoms with Gasteiger partial charge in [-0.25, -0.2) is 18.4 Å². The molecule has 0 unspecified atom stereocenters.